The van der Waals surface area contributed by atoms with Crippen LogP contribution in [0.15, 0.2) is 60.7 Å². The molecule has 0 amide bonds. The summed E-state index contributed by atoms with van der Waals surface area (Å²) in [5.41, 5.74) is 2.81. The summed E-state index contributed by atoms with van der Waals surface area (Å²) in [7, 11) is 0. The summed E-state index contributed by atoms with van der Waals surface area (Å²) in [6, 6.07) is 15.5. The van der Waals surface area contributed by atoms with Gasteiger partial charge in [0.15, 0.2) is 11.6 Å². The quantitative estimate of drug-likeness (QED) is 0.418. The molecule has 0 N–H and O–H groups in total. The van der Waals surface area contributed by atoms with Crippen molar-refractivity contribution < 1.29 is 17.9 Å². The number of benzene rings is 3. The third-order valence-corrected chi connectivity index (χ3v) is 4.74. The van der Waals surface area contributed by atoms with Crippen molar-refractivity contribution in [2.75, 3.05) is 6.61 Å². The Hall–Kier alpha value is -3.01. The molecule has 1 nitrogen and oxygen atoms in total. The standard InChI is InChI=1S/C25H23F3O/c1-3-5-19-12-13-20(25(28)24(19)27)11-8-17-6-9-18(10-7-17)22-15-14-21(29-4-2)16-23(22)26/h3,5-7,9-10,12-16H,4,8,11H2,1-2H3. The maximum Gasteiger partial charge on any atom is 0.166 e. The zero-order valence-corrected chi connectivity index (χ0v) is 16.5. The first-order chi connectivity index (χ1) is 14.0. The largest absolute Gasteiger partial charge is 0.494 e. The molecule has 0 saturated carbocycles. The van der Waals surface area contributed by atoms with Gasteiger partial charge in [-0.1, -0.05) is 48.6 Å². The monoisotopic (exact) mass is 396 g/mol. The van der Waals surface area contributed by atoms with Crippen LogP contribution < -0.4 is 4.74 Å². The number of hydrogen-bond acceptors (Lipinski definition) is 1. The summed E-state index contributed by atoms with van der Waals surface area (Å²) in [6.07, 6.45) is 4.16. The Morgan fingerprint density at radius 2 is 1.62 bits per heavy atom. The van der Waals surface area contributed by atoms with Crippen LogP contribution in [0.25, 0.3) is 17.2 Å². The van der Waals surface area contributed by atoms with Crippen LogP contribution in [0.4, 0.5) is 13.2 Å². The zero-order valence-electron chi connectivity index (χ0n) is 16.5. The molecular weight excluding hydrogens is 373 g/mol. The van der Waals surface area contributed by atoms with Gasteiger partial charge >= 0.3 is 0 Å². The molecule has 0 fully saturated rings. The van der Waals surface area contributed by atoms with E-state index in [9.17, 15) is 13.2 Å². The number of rotatable bonds is 7. The molecule has 0 aliphatic carbocycles. The summed E-state index contributed by atoms with van der Waals surface area (Å²) in [5, 5.41) is 0. The maximum absolute atomic E-state index is 14.3. The highest BCUT2D eigenvalue weighted by Gasteiger charge is 2.12. The van der Waals surface area contributed by atoms with E-state index in [1.165, 1.54) is 6.07 Å². The SMILES string of the molecule is CC=Cc1ccc(CCc2ccc(-c3ccc(OCC)cc3F)cc2)c(F)c1F. The molecule has 29 heavy (non-hydrogen) atoms. The van der Waals surface area contributed by atoms with Gasteiger partial charge in [-0.2, -0.15) is 0 Å². The smallest absolute Gasteiger partial charge is 0.166 e. The van der Waals surface area contributed by atoms with Crippen molar-refractivity contribution in [3.05, 3.63) is 94.8 Å². The predicted octanol–water partition coefficient (Wildman–Crippen LogP) is 6.99. The van der Waals surface area contributed by atoms with Crippen LogP contribution in [0.5, 0.6) is 5.75 Å². The van der Waals surface area contributed by atoms with Crippen LogP contribution in [-0.2, 0) is 12.8 Å². The third-order valence-electron chi connectivity index (χ3n) is 4.74. The second kappa shape index (κ2) is 9.46. The molecule has 0 heterocycles. The van der Waals surface area contributed by atoms with Gasteiger partial charge in [-0.05, 0) is 55.5 Å². The van der Waals surface area contributed by atoms with Crippen LogP contribution >= 0.6 is 0 Å². The number of ether oxygens (including phenoxy) is 1. The molecule has 0 unspecified atom stereocenters. The second-order valence-electron chi connectivity index (χ2n) is 6.71. The highest BCUT2D eigenvalue weighted by molar-refractivity contribution is 5.65. The second-order valence-corrected chi connectivity index (χ2v) is 6.71. The minimum absolute atomic E-state index is 0.246. The predicted molar refractivity (Wildman–Crippen MR) is 111 cm³/mol. The van der Waals surface area contributed by atoms with E-state index in [1.54, 1.807) is 43.3 Å². The molecule has 150 valence electrons. The van der Waals surface area contributed by atoms with Crippen molar-refractivity contribution in [2.45, 2.75) is 26.7 Å². The van der Waals surface area contributed by atoms with Gasteiger partial charge < -0.3 is 4.74 Å². The molecule has 0 spiro atoms. The van der Waals surface area contributed by atoms with Crippen molar-refractivity contribution in [3.63, 3.8) is 0 Å². The van der Waals surface area contributed by atoms with Gasteiger partial charge in [0.1, 0.15) is 11.6 Å². The van der Waals surface area contributed by atoms with Gasteiger partial charge in [-0.3, -0.25) is 0 Å². The van der Waals surface area contributed by atoms with Crippen LogP contribution in [-0.4, -0.2) is 6.61 Å². The Kier molecular flexibility index (Phi) is 6.76. The average Bonchev–Trinajstić information content (AvgIpc) is 2.72. The zero-order chi connectivity index (χ0) is 20.8. The topological polar surface area (TPSA) is 9.23 Å². The number of hydrogen-bond donors (Lipinski definition) is 0. The molecule has 3 rings (SSSR count). The Balaban J connectivity index is 1.71. The Morgan fingerprint density at radius 1 is 0.862 bits per heavy atom. The summed E-state index contributed by atoms with van der Waals surface area (Å²) in [6.45, 7) is 4.09. The van der Waals surface area contributed by atoms with Crippen molar-refractivity contribution in [1.29, 1.82) is 0 Å². The van der Waals surface area contributed by atoms with E-state index < -0.39 is 11.6 Å². The van der Waals surface area contributed by atoms with Gasteiger partial charge in [-0.25, -0.2) is 13.2 Å². The van der Waals surface area contributed by atoms with E-state index in [1.807, 2.05) is 31.2 Å². The lowest BCUT2D eigenvalue weighted by Gasteiger charge is -2.09. The molecule has 4 heteroatoms. The lowest BCUT2D eigenvalue weighted by molar-refractivity contribution is 0.338. The number of allylic oxidation sites excluding steroid dienone is 1. The summed E-state index contributed by atoms with van der Waals surface area (Å²) >= 11 is 0. The first kappa shape index (κ1) is 20.7. The van der Waals surface area contributed by atoms with E-state index in [4.69, 9.17) is 4.74 Å². The molecule has 3 aromatic carbocycles. The minimum atomic E-state index is -0.818. The molecular formula is C25H23F3O. The van der Waals surface area contributed by atoms with Crippen LogP contribution in [0.1, 0.15) is 30.5 Å². The first-order valence-corrected chi connectivity index (χ1v) is 9.64. The van der Waals surface area contributed by atoms with E-state index in [0.29, 0.717) is 36.3 Å². The van der Waals surface area contributed by atoms with Crippen molar-refractivity contribution >= 4 is 6.08 Å². The van der Waals surface area contributed by atoms with E-state index in [0.717, 1.165) is 11.1 Å². The average molecular weight is 396 g/mol. The van der Waals surface area contributed by atoms with Crippen LogP contribution in [0.2, 0.25) is 0 Å². The summed E-state index contributed by atoms with van der Waals surface area (Å²) in [4.78, 5) is 0. The highest BCUT2D eigenvalue weighted by Crippen LogP contribution is 2.27. The van der Waals surface area contributed by atoms with Crippen molar-refractivity contribution in [1.82, 2.24) is 0 Å². The van der Waals surface area contributed by atoms with Crippen molar-refractivity contribution in [2.24, 2.45) is 0 Å². The fraction of sp³-hybridized carbons (Fsp3) is 0.200. The molecule has 0 saturated heterocycles. The molecule has 0 aromatic heterocycles. The van der Waals surface area contributed by atoms with Gasteiger partial charge in [0.25, 0.3) is 0 Å². The third kappa shape index (κ3) is 4.89. The lowest BCUT2D eigenvalue weighted by atomic mass is 9.99. The summed E-state index contributed by atoms with van der Waals surface area (Å²) in [5.74, 6) is -1.46. The minimum Gasteiger partial charge on any atom is -0.494 e. The Labute approximate surface area is 169 Å². The van der Waals surface area contributed by atoms with E-state index >= 15 is 0 Å². The Morgan fingerprint density at radius 3 is 2.28 bits per heavy atom. The first-order valence-electron chi connectivity index (χ1n) is 9.64. The molecule has 0 aliphatic heterocycles. The van der Waals surface area contributed by atoms with Crippen LogP contribution in [0.3, 0.4) is 0 Å². The molecule has 0 atom stereocenters. The number of aryl methyl sites for hydroxylation is 2. The summed E-state index contributed by atoms with van der Waals surface area (Å²) < 4.78 is 47.9. The van der Waals surface area contributed by atoms with Crippen molar-refractivity contribution in [3.8, 4) is 16.9 Å². The number of halogens is 3. The van der Waals surface area contributed by atoms with Gasteiger partial charge in [0.2, 0.25) is 0 Å². The maximum atomic E-state index is 14.3. The molecule has 0 aliphatic rings. The highest BCUT2D eigenvalue weighted by atomic mass is 19.2. The normalized spacial score (nSPS) is 11.2. The van der Waals surface area contributed by atoms with E-state index in [2.05, 4.69) is 0 Å². The van der Waals surface area contributed by atoms with Gasteiger partial charge in [0, 0.05) is 17.2 Å². The van der Waals surface area contributed by atoms with Gasteiger partial charge in [0.05, 0.1) is 6.61 Å². The fourth-order valence-corrected chi connectivity index (χ4v) is 3.22. The van der Waals surface area contributed by atoms with Crippen LogP contribution in [0, 0.1) is 17.5 Å². The fourth-order valence-electron chi connectivity index (χ4n) is 3.22. The molecule has 0 radical (unpaired) electrons. The molecule has 0 bridgehead atoms. The Bertz CT molecular complexity index is 1010. The van der Waals surface area contributed by atoms with E-state index in [-0.39, 0.29) is 11.4 Å². The lowest BCUT2D eigenvalue weighted by Crippen LogP contribution is -1.99. The van der Waals surface area contributed by atoms with Gasteiger partial charge in [-0.15, -0.1) is 0 Å². The molecule has 3 aromatic rings.